The third-order valence-electron chi connectivity index (χ3n) is 6.63. The second-order valence-electron chi connectivity index (χ2n) is 9.37. The van der Waals surface area contributed by atoms with E-state index in [1.807, 2.05) is 72.8 Å². The Labute approximate surface area is 214 Å². The van der Waals surface area contributed by atoms with Gasteiger partial charge in [-0.15, -0.1) is 0 Å². The molecule has 36 heavy (non-hydrogen) atoms. The highest BCUT2D eigenvalue weighted by Gasteiger charge is 2.29. The number of aromatic nitrogens is 1. The molecule has 0 spiro atoms. The topological polar surface area (TPSA) is 82.6 Å². The van der Waals surface area contributed by atoms with Gasteiger partial charge in [0, 0.05) is 44.1 Å². The number of anilines is 1. The highest BCUT2D eigenvalue weighted by Crippen LogP contribution is 2.23. The van der Waals surface area contributed by atoms with Crippen molar-refractivity contribution < 1.29 is 13.2 Å². The third kappa shape index (κ3) is 7.15. The molecule has 1 aromatic heterocycles. The molecule has 1 N–H and O–H groups in total. The number of nitrogens with one attached hydrogen (secondary N) is 1. The Bertz CT molecular complexity index is 1200. The quantitative estimate of drug-likeness (QED) is 0.454. The van der Waals surface area contributed by atoms with Crippen molar-refractivity contribution in [2.75, 3.05) is 23.9 Å². The lowest BCUT2D eigenvalue weighted by atomic mass is 10.0. The second kappa shape index (κ2) is 12.1. The van der Waals surface area contributed by atoms with Crippen LogP contribution in [-0.2, 0) is 27.0 Å². The Morgan fingerprint density at radius 2 is 1.58 bits per heavy atom. The minimum atomic E-state index is -3.57. The first kappa shape index (κ1) is 25.9. The Balaban J connectivity index is 1.36. The zero-order valence-corrected chi connectivity index (χ0v) is 21.5. The predicted molar refractivity (Wildman–Crippen MR) is 143 cm³/mol. The number of para-hydroxylation sites is 1. The zero-order valence-electron chi connectivity index (χ0n) is 20.7. The van der Waals surface area contributed by atoms with Crippen molar-refractivity contribution in [3.63, 3.8) is 0 Å². The normalized spacial score (nSPS) is 15.8. The van der Waals surface area contributed by atoms with Crippen LogP contribution in [0.3, 0.4) is 0 Å². The number of benzene rings is 2. The maximum atomic E-state index is 13.5. The van der Waals surface area contributed by atoms with Gasteiger partial charge in [-0.2, -0.15) is 0 Å². The number of likely N-dealkylation sites (tertiary alicyclic amines) is 1. The van der Waals surface area contributed by atoms with Gasteiger partial charge in [0.1, 0.15) is 0 Å². The molecule has 0 unspecified atom stereocenters. The van der Waals surface area contributed by atoms with Gasteiger partial charge < -0.3 is 5.32 Å². The molecule has 8 heteroatoms. The molecule has 1 atom stereocenters. The third-order valence-corrected chi connectivity index (χ3v) is 8.36. The summed E-state index contributed by atoms with van der Waals surface area (Å²) in [6, 6.07) is 22.5. The van der Waals surface area contributed by atoms with Crippen LogP contribution in [0.4, 0.5) is 5.69 Å². The molecule has 190 valence electrons. The van der Waals surface area contributed by atoms with Gasteiger partial charge in [-0.1, -0.05) is 48.5 Å². The van der Waals surface area contributed by atoms with E-state index in [0.717, 1.165) is 37.1 Å². The van der Waals surface area contributed by atoms with Crippen LogP contribution in [0, 0.1) is 0 Å². The number of pyridine rings is 1. The highest BCUT2D eigenvalue weighted by atomic mass is 32.2. The maximum absolute atomic E-state index is 13.5. The van der Waals surface area contributed by atoms with Gasteiger partial charge in [-0.05, 0) is 55.2 Å². The second-order valence-corrected chi connectivity index (χ2v) is 11.3. The molecule has 0 saturated carbocycles. The Morgan fingerprint density at radius 3 is 2.22 bits per heavy atom. The number of nitrogens with zero attached hydrogens (tertiary/aromatic N) is 3. The monoisotopic (exact) mass is 506 g/mol. The van der Waals surface area contributed by atoms with Gasteiger partial charge in [0.05, 0.1) is 17.9 Å². The van der Waals surface area contributed by atoms with E-state index in [1.165, 1.54) is 0 Å². The maximum Gasteiger partial charge on any atom is 0.239 e. The van der Waals surface area contributed by atoms with E-state index < -0.39 is 10.0 Å². The summed E-state index contributed by atoms with van der Waals surface area (Å²) >= 11 is 0. The largest absolute Gasteiger partial charge is 0.353 e. The van der Waals surface area contributed by atoms with Crippen LogP contribution in [0.2, 0.25) is 0 Å². The molecule has 2 aromatic carbocycles. The van der Waals surface area contributed by atoms with Crippen LogP contribution in [0.25, 0.3) is 0 Å². The SMILES string of the molecule is C[C@@H](CN(c1ccccc1)S(=O)(=O)Cc1ccccc1)N1CCC(NC(=O)Cc2ccncc2)CC1. The fourth-order valence-corrected chi connectivity index (χ4v) is 6.30. The lowest BCUT2D eigenvalue weighted by molar-refractivity contribution is -0.121. The molecule has 1 fully saturated rings. The Hall–Kier alpha value is -3.23. The standard InChI is InChI=1S/C28H34N4O3S/c1-23(31-18-14-26(15-19-31)30-28(33)20-24-12-16-29-17-13-24)21-32(27-10-6-3-7-11-27)36(34,35)22-25-8-4-2-5-9-25/h2-13,16-17,23,26H,14-15,18-22H2,1H3,(H,30,33)/t23-/m0/s1. The van der Waals surface area contributed by atoms with E-state index in [-0.39, 0.29) is 23.7 Å². The van der Waals surface area contributed by atoms with Gasteiger partial charge in [-0.3, -0.25) is 19.0 Å². The van der Waals surface area contributed by atoms with E-state index >= 15 is 0 Å². The van der Waals surface area contributed by atoms with Crippen LogP contribution < -0.4 is 9.62 Å². The van der Waals surface area contributed by atoms with E-state index in [1.54, 1.807) is 16.7 Å². The molecule has 1 saturated heterocycles. The van der Waals surface area contributed by atoms with Crippen molar-refractivity contribution in [1.29, 1.82) is 0 Å². The summed E-state index contributed by atoms with van der Waals surface area (Å²) in [5, 5.41) is 3.15. The molecule has 1 amide bonds. The van der Waals surface area contributed by atoms with Crippen molar-refractivity contribution >= 4 is 21.6 Å². The molecule has 0 aliphatic carbocycles. The number of sulfonamides is 1. The molecular formula is C28H34N4O3S. The first-order valence-corrected chi connectivity index (χ1v) is 14.0. The van der Waals surface area contributed by atoms with Crippen molar-refractivity contribution in [1.82, 2.24) is 15.2 Å². The van der Waals surface area contributed by atoms with Crippen molar-refractivity contribution in [2.24, 2.45) is 0 Å². The Morgan fingerprint density at radius 1 is 0.972 bits per heavy atom. The molecule has 0 radical (unpaired) electrons. The summed E-state index contributed by atoms with van der Waals surface area (Å²) in [7, 11) is -3.57. The molecule has 4 rings (SSSR count). The van der Waals surface area contributed by atoms with Crippen LogP contribution in [0.15, 0.2) is 85.2 Å². The predicted octanol–water partition coefficient (Wildman–Crippen LogP) is 3.63. The molecule has 3 aromatic rings. The summed E-state index contributed by atoms with van der Waals surface area (Å²) in [5.74, 6) is -0.0175. The average Bonchev–Trinajstić information content (AvgIpc) is 2.89. The van der Waals surface area contributed by atoms with Crippen LogP contribution in [0.1, 0.15) is 30.9 Å². The molecule has 7 nitrogen and oxygen atoms in total. The number of hydrogen-bond donors (Lipinski definition) is 1. The average molecular weight is 507 g/mol. The number of amides is 1. The van der Waals surface area contributed by atoms with Gasteiger partial charge in [0.15, 0.2) is 0 Å². The minimum absolute atomic E-state index is 0.0231. The lowest BCUT2D eigenvalue weighted by Gasteiger charge is -2.38. The molecule has 2 heterocycles. The molecular weight excluding hydrogens is 472 g/mol. The minimum Gasteiger partial charge on any atom is -0.353 e. The van der Waals surface area contributed by atoms with Crippen LogP contribution in [0.5, 0.6) is 0 Å². The van der Waals surface area contributed by atoms with Crippen molar-refractivity contribution in [3.05, 3.63) is 96.3 Å². The summed E-state index contributed by atoms with van der Waals surface area (Å²) < 4.78 is 28.5. The van der Waals surface area contributed by atoms with E-state index in [9.17, 15) is 13.2 Å². The number of hydrogen-bond acceptors (Lipinski definition) is 5. The summed E-state index contributed by atoms with van der Waals surface area (Å²) in [5.41, 5.74) is 2.40. The number of rotatable bonds is 10. The smallest absolute Gasteiger partial charge is 0.239 e. The molecule has 1 aliphatic heterocycles. The van der Waals surface area contributed by atoms with E-state index in [4.69, 9.17) is 0 Å². The lowest BCUT2D eigenvalue weighted by Crippen LogP contribution is -2.51. The van der Waals surface area contributed by atoms with Gasteiger partial charge in [0.25, 0.3) is 0 Å². The van der Waals surface area contributed by atoms with Crippen LogP contribution >= 0.6 is 0 Å². The first-order valence-electron chi connectivity index (χ1n) is 12.4. The number of carbonyl (C=O) groups is 1. The van der Waals surface area contributed by atoms with Crippen molar-refractivity contribution in [3.8, 4) is 0 Å². The fraction of sp³-hybridized carbons (Fsp3) is 0.357. The van der Waals surface area contributed by atoms with Gasteiger partial charge in [-0.25, -0.2) is 8.42 Å². The summed E-state index contributed by atoms with van der Waals surface area (Å²) in [6.45, 7) is 4.07. The number of carbonyl (C=O) groups excluding carboxylic acids is 1. The van der Waals surface area contributed by atoms with Crippen molar-refractivity contribution in [2.45, 2.75) is 44.0 Å². The van der Waals surface area contributed by atoms with Crippen LogP contribution in [-0.4, -0.2) is 55.9 Å². The molecule has 1 aliphatic rings. The Kier molecular flexibility index (Phi) is 8.72. The van der Waals surface area contributed by atoms with Gasteiger partial charge >= 0.3 is 0 Å². The molecule has 0 bridgehead atoms. The van der Waals surface area contributed by atoms with E-state index in [2.05, 4.69) is 22.1 Å². The van der Waals surface area contributed by atoms with E-state index in [0.29, 0.717) is 18.7 Å². The summed E-state index contributed by atoms with van der Waals surface area (Å²) in [4.78, 5) is 18.7. The number of piperidine rings is 1. The van der Waals surface area contributed by atoms with Gasteiger partial charge in [0.2, 0.25) is 15.9 Å². The summed E-state index contributed by atoms with van der Waals surface area (Å²) in [6.07, 6.45) is 5.43. The fourth-order valence-electron chi connectivity index (χ4n) is 4.64. The zero-order chi connectivity index (χ0) is 25.4. The first-order chi connectivity index (χ1) is 17.4. The highest BCUT2D eigenvalue weighted by molar-refractivity contribution is 7.92.